The van der Waals surface area contributed by atoms with Gasteiger partial charge in [-0.3, -0.25) is 0 Å². The molecule has 0 saturated carbocycles. The lowest BCUT2D eigenvalue weighted by molar-refractivity contribution is 1.15. The molecule has 0 spiro atoms. The van der Waals surface area contributed by atoms with Crippen molar-refractivity contribution in [2.45, 2.75) is 19.6 Å². The van der Waals surface area contributed by atoms with E-state index in [1.165, 1.54) is 19.6 Å². The van der Waals surface area contributed by atoms with Crippen LogP contribution in [0.1, 0.15) is 0 Å². The van der Waals surface area contributed by atoms with Crippen molar-refractivity contribution >= 4 is 57.6 Å². The standard InChI is InChI=1S/C68H44N6S2/c1-5-21-45(22-6-1)53-43-55(71-67(69-53)47-25-9-3-10-26-47)49-37-39-51(61(41-49)73-57-29-13-17-33-63(57)75-64-34-18-14-30-58(64)73)52-40-38-50(42-62(52)74-59-31-15-19-35-65(59)76-66-36-20-16-32-60(66)74)56-44-54(46-23-7-2-8-24-46)70-68(72-56)48-27-11-4-12-28-48/h1-44H. The maximum absolute atomic E-state index is 5.36. The van der Waals surface area contributed by atoms with E-state index in [0.29, 0.717) is 11.6 Å². The molecule has 8 heteroatoms. The van der Waals surface area contributed by atoms with Crippen LogP contribution in [0.25, 0.3) is 78.9 Å². The second-order valence-corrected chi connectivity index (χ2v) is 20.8. The molecule has 0 fully saturated rings. The number of para-hydroxylation sites is 4. The third-order valence-corrected chi connectivity index (χ3v) is 16.1. The van der Waals surface area contributed by atoms with Crippen molar-refractivity contribution in [2.75, 3.05) is 9.80 Å². The maximum Gasteiger partial charge on any atom is 0.160 e. The van der Waals surface area contributed by atoms with Gasteiger partial charge < -0.3 is 9.80 Å². The van der Waals surface area contributed by atoms with Crippen LogP contribution in [-0.4, -0.2) is 19.9 Å². The van der Waals surface area contributed by atoms with Crippen LogP contribution in [0, 0.1) is 0 Å². The molecule has 0 unspecified atom stereocenters. The topological polar surface area (TPSA) is 58.0 Å². The van der Waals surface area contributed by atoms with Gasteiger partial charge in [-0.15, -0.1) is 0 Å². The van der Waals surface area contributed by atoms with E-state index >= 15 is 0 Å². The molecule has 2 aliphatic rings. The molecule has 4 heterocycles. The van der Waals surface area contributed by atoms with Gasteiger partial charge in [-0.05, 0) is 72.8 Å². The average molecular weight is 1010 g/mol. The molecule has 0 atom stereocenters. The summed E-state index contributed by atoms with van der Waals surface area (Å²) in [7, 11) is 0. The molecule has 0 aliphatic carbocycles. The van der Waals surface area contributed by atoms with Crippen LogP contribution in [-0.2, 0) is 0 Å². The lowest BCUT2D eigenvalue weighted by atomic mass is 9.94. The van der Waals surface area contributed by atoms with Crippen LogP contribution >= 0.6 is 23.5 Å². The van der Waals surface area contributed by atoms with Crippen molar-refractivity contribution in [3.63, 3.8) is 0 Å². The van der Waals surface area contributed by atoms with Crippen molar-refractivity contribution in [3.8, 4) is 78.9 Å². The number of rotatable bonds is 9. The van der Waals surface area contributed by atoms with Crippen LogP contribution in [0.5, 0.6) is 0 Å². The number of nitrogens with zero attached hydrogens (tertiary/aromatic N) is 6. The summed E-state index contributed by atoms with van der Waals surface area (Å²) in [6.45, 7) is 0. The summed E-state index contributed by atoms with van der Waals surface area (Å²) in [6, 6.07) is 94.2. The summed E-state index contributed by atoms with van der Waals surface area (Å²) in [5.74, 6) is 1.34. The smallest absolute Gasteiger partial charge is 0.160 e. The van der Waals surface area contributed by atoms with Crippen LogP contribution < -0.4 is 9.80 Å². The molecular formula is C68H44N6S2. The van der Waals surface area contributed by atoms with Gasteiger partial charge in [-0.1, -0.05) is 218 Å². The zero-order valence-electron chi connectivity index (χ0n) is 40.9. The second-order valence-electron chi connectivity index (χ2n) is 18.6. The Kier molecular flexibility index (Phi) is 11.6. The fourth-order valence-corrected chi connectivity index (χ4v) is 12.4. The van der Waals surface area contributed by atoms with Crippen molar-refractivity contribution in [3.05, 3.63) is 267 Å². The van der Waals surface area contributed by atoms with E-state index in [1.807, 2.05) is 48.5 Å². The first kappa shape index (κ1) is 45.3. The second kappa shape index (κ2) is 19.5. The van der Waals surface area contributed by atoms with Gasteiger partial charge in [0.2, 0.25) is 0 Å². The van der Waals surface area contributed by atoms with Crippen molar-refractivity contribution in [2.24, 2.45) is 0 Å². The van der Waals surface area contributed by atoms with Gasteiger partial charge in [-0.25, -0.2) is 19.9 Å². The lowest BCUT2D eigenvalue weighted by Crippen LogP contribution is -2.18. The van der Waals surface area contributed by atoms with Gasteiger partial charge in [0.15, 0.2) is 11.6 Å². The first-order valence-corrected chi connectivity index (χ1v) is 26.9. The number of aromatic nitrogens is 4. The Labute approximate surface area is 450 Å². The highest BCUT2D eigenvalue weighted by Crippen LogP contribution is 2.57. The van der Waals surface area contributed by atoms with Gasteiger partial charge in [0.05, 0.1) is 56.9 Å². The summed E-state index contributed by atoms with van der Waals surface area (Å²) in [4.78, 5) is 30.7. The van der Waals surface area contributed by atoms with E-state index in [-0.39, 0.29) is 0 Å². The third kappa shape index (κ3) is 8.40. The molecule has 0 radical (unpaired) electrons. The Morgan fingerprint density at radius 2 is 0.500 bits per heavy atom. The molecule has 2 aliphatic heterocycles. The van der Waals surface area contributed by atoms with E-state index < -0.39 is 0 Å². The van der Waals surface area contributed by atoms with E-state index in [1.54, 1.807) is 23.5 Å². The lowest BCUT2D eigenvalue weighted by Gasteiger charge is -2.36. The molecular weight excluding hydrogens is 965 g/mol. The highest BCUT2D eigenvalue weighted by molar-refractivity contribution is 8.00. The summed E-state index contributed by atoms with van der Waals surface area (Å²) < 4.78 is 0. The maximum atomic E-state index is 5.36. The SMILES string of the molecule is c1ccc(-c2cc(-c3ccc(-c4ccc(-c5cc(-c6ccccc6)nc(-c6ccccc6)n5)cc4N4c5ccccc5Sc5ccccc54)c(N4c5ccccc5Sc5ccccc54)c3)nc(-c3ccccc3)n2)cc1. The first-order chi connectivity index (χ1) is 37.7. The molecule has 0 saturated heterocycles. The molecule has 0 amide bonds. The summed E-state index contributed by atoms with van der Waals surface area (Å²) in [5.41, 5.74) is 17.8. The molecule has 12 aromatic rings. The van der Waals surface area contributed by atoms with Crippen LogP contribution in [0.3, 0.4) is 0 Å². The van der Waals surface area contributed by atoms with E-state index in [0.717, 1.165) is 101 Å². The number of hydrogen-bond acceptors (Lipinski definition) is 8. The van der Waals surface area contributed by atoms with Gasteiger partial charge in [-0.2, -0.15) is 0 Å². The number of benzene rings is 10. The number of hydrogen-bond donors (Lipinski definition) is 0. The predicted octanol–water partition coefficient (Wildman–Crippen LogP) is 18.8. The molecule has 358 valence electrons. The highest BCUT2D eigenvalue weighted by atomic mass is 32.2. The quantitative estimate of drug-likeness (QED) is 0.142. The Morgan fingerprint density at radius 1 is 0.224 bits per heavy atom. The summed E-state index contributed by atoms with van der Waals surface area (Å²) in [5, 5.41) is 0. The third-order valence-electron chi connectivity index (χ3n) is 13.9. The first-order valence-electron chi connectivity index (χ1n) is 25.3. The summed E-state index contributed by atoms with van der Waals surface area (Å²) >= 11 is 3.61. The van der Waals surface area contributed by atoms with E-state index in [4.69, 9.17) is 19.9 Å². The molecule has 0 N–H and O–H groups in total. The van der Waals surface area contributed by atoms with Gasteiger partial charge in [0, 0.05) is 64.1 Å². The summed E-state index contributed by atoms with van der Waals surface area (Å²) in [6.07, 6.45) is 0. The van der Waals surface area contributed by atoms with Crippen LogP contribution in [0.15, 0.2) is 287 Å². The molecule has 0 bridgehead atoms. The molecule has 2 aromatic heterocycles. The molecule has 14 rings (SSSR count). The van der Waals surface area contributed by atoms with Crippen molar-refractivity contribution in [1.29, 1.82) is 0 Å². The monoisotopic (exact) mass is 1010 g/mol. The normalized spacial score (nSPS) is 12.3. The Morgan fingerprint density at radius 3 is 0.829 bits per heavy atom. The zero-order valence-corrected chi connectivity index (χ0v) is 42.5. The highest BCUT2D eigenvalue weighted by Gasteiger charge is 2.31. The number of anilines is 6. The minimum Gasteiger partial charge on any atom is -0.308 e. The number of fused-ring (bicyclic) bond motifs is 4. The van der Waals surface area contributed by atoms with Gasteiger partial charge in [0.25, 0.3) is 0 Å². The fourth-order valence-electron chi connectivity index (χ4n) is 10.3. The Balaban J connectivity index is 1.05. The van der Waals surface area contributed by atoms with Crippen LogP contribution in [0.2, 0.25) is 0 Å². The zero-order chi connectivity index (χ0) is 50.4. The van der Waals surface area contributed by atoms with Crippen LogP contribution in [0.4, 0.5) is 34.1 Å². The Bertz CT molecular complexity index is 3660. The average Bonchev–Trinajstić information content (AvgIpc) is 3.58. The van der Waals surface area contributed by atoms with E-state index in [2.05, 4.69) is 228 Å². The minimum atomic E-state index is 0.668. The largest absolute Gasteiger partial charge is 0.308 e. The van der Waals surface area contributed by atoms with Gasteiger partial charge in [0.1, 0.15) is 0 Å². The Hall–Kier alpha value is -9.34. The van der Waals surface area contributed by atoms with Gasteiger partial charge >= 0.3 is 0 Å². The predicted molar refractivity (Wildman–Crippen MR) is 313 cm³/mol. The molecule has 10 aromatic carbocycles. The molecule has 76 heavy (non-hydrogen) atoms. The minimum absolute atomic E-state index is 0.668. The van der Waals surface area contributed by atoms with E-state index in [9.17, 15) is 0 Å². The molecule has 6 nitrogen and oxygen atoms in total. The van der Waals surface area contributed by atoms with Crippen molar-refractivity contribution < 1.29 is 0 Å². The van der Waals surface area contributed by atoms with Crippen molar-refractivity contribution in [1.82, 2.24) is 19.9 Å². The fraction of sp³-hybridized carbons (Fsp3) is 0.